The number of aryl methyl sites for hydroxylation is 1. The number of carbonyl (C=O) groups excluding carboxylic acids is 1. The Balaban J connectivity index is 2.27. The summed E-state index contributed by atoms with van der Waals surface area (Å²) in [5, 5.41) is 3.69. The first-order valence-corrected chi connectivity index (χ1v) is 7.54. The highest BCUT2D eigenvalue weighted by Crippen LogP contribution is 2.23. The van der Waals surface area contributed by atoms with Crippen molar-refractivity contribution >= 4 is 21.8 Å². The van der Waals surface area contributed by atoms with Gasteiger partial charge in [0.15, 0.2) is 0 Å². The molecule has 1 unspecified atom stereocenters. The zero-order valence-corrected chi connectivity index (χ0v) is 13.1. The Kier molecular flexibility index (Phi) is 4.55. The highest BCUT2D eigenvalue weighted by atomic mass is 79.9. The van der Waals surface area contributed by atoms with Crippen molar-refractivity contribution in [3.63, 3.8) is 0 Å². The first kappa shape index (κ1) is 14.7. The van der Waals surface area contributed by atoms with Crippen molar-refractivity contribution < 1.29 is 4.79 Å². The first-order chi connectivity index (χ1) is 9.57. The van der Waals surface area contributed by atoms with Gasteiger partial charge in [-0.2, -0.15) is 0 Å². The smallest absolute Gasteiger partial charge is 0.270 e. The minimum Gasteiger partial charge on any atom is -0.341 e. The summed E-state index contributed by atoms with van der Waals surface area (Å²) >= 11 is 3.49. The van der Waals surface area contributed by atoms with Crippen LogP contribution in [0.4, 0.5) is 0 Å². The van der Waals surface area contributed by atoms with Gasteiger partial charge in [-0.1, -0.05) is 52.3 Å². The molecule has 104 valence electrons. The highest BCUT2D eigenvalue weighted by Gasteiger charge is 2.28. The molecule has 0 saturated carbocycles. The minimum atomic E-state index is -0.470. The van der Waals surface area contributed by atoms with Crippen LogP contribution >= 0.6 is 15.9 Å². The number of hydrogen-bond donors (Lipinski definition) is 1. The number of benzene rings is 1. The fraction of sp³-hybridized carbons (Fsp3) is 0.250. The Bertz CT molecular complexity index is 600. The van der Waals surface area contributed by atoms with Gasteiger partial charge in [0.25, 0.3) is 5.91 Å². The molecule has 1 heterocycles. The van der Waals surface area contributed by atoms with Crippen LogP contribution in [0.25, 0.3) is 0 Å². The van der Waals surface area contributed by atoms with Gasteiger partial charge in [-0.15, -0.1) is 0 Å². The number of hydrogen-bond acceptors (Lipinski definition) is 2. The Labute approximate surface area is 127 Å². The molecule has 0 saturated heterocycles. The van der Waals surface area contributed by atoms with Crippen LogP contribution in [0, 0.1) is 6.92 Å². The van der Waals surface area contributed by atoms with Crippen LogP contribution < -0.4 is 5.32 Å². The molecular formula is C16H17BrN2O. The SMILES string of the molecule is Cc1cccnc1C(=O)NC(C)(CBr)c1ccccc1. The van der Waals surface area contributed by atoms with Gasteiger partial charge in [0.1, 0.15) is 5.69 Å². The number of amides is 1. The average Bonchev–Trinajstić information content (AvgIpc) is 2.48. The molecule has 4 heteroatoms. The maximum atomic E-state index is 12.4. The normalized spacial score (nSPS) is 13.6. The van der Waals surface area contributed by atoms with E-state index in [9.17, 15) is 4.79 Å². The maximum absolute atomic E-state index is 12.4. The Morgan fingerprint density at radius 2 is 1.95 bits per heavy atom. The van der Waals surface area contributed by atoms with Crippen molar-refractivity contribution in [1.29, 1.82) is 0 Å². The molecule has 3 nitrogen and oxygen atoms in total. The van der Waals surface area contributed by atoms with E-state index >= 15 is 0 Å². The molecule has 1 amide bonds. The largest absolute Gasteiger partial charge is 0.341 e. The zero-order valence-electron chi connectivity index (χ0n) is 11.6. The van der Waals surface area contributed by atoms with E-state index in [2.05, 4.69) is 26.2 Å². The summed E-state index contributed by atoms with van der Waals surface area (Å²) in [6, 6.07) is 13.6. The van der Waals surface area contributed by atoms with Crippen LogP contribution in [0.5, 0.6) is 0 Å². The summed E-state index contributed by atoms with van der Waals surface area (Å²) in [6.07, 6.45) is 1.63. The molecular weight excluding hydrogens is 316 g/mol. The lowest BCUT2D eigenvalue weighted by Crippen LogP contribution is -2.45. The number of carbonyl (C=O) groups is 1. The van der Waals surface area contributed by atoms with E-state index in [0.717, 1.165) is 11.1 Å². The van der Waals surface area contributed by atoms with E-state index in [1.807, 2.05) is 56.3 Å². The predicted octanol–water partition coefficient (Wildman–Crippen LogP) is 3.43. The fourth-order valence-corrected chi connectivity index (χ4v) is 2.49. The van der Waals surface area contributed by atoms with Gasteiger partial charge in [0, 0.05) is 11.5 Å². The predicted molar refractivity (Wildman–Crippen MR) is 84.0 cm³/mol. The molecule has 1 atom stereocenters. The molecule has 0 radical (unpaired) electrons. The molecule has 0 aliphatic rings. The topological polar surface area (TPSA) is 42.0 Å². The molecule has 1 N–H and O–H groups in total. The van der Waals surface area contributed by atoms with Crippen LogP contribution in [0.2, 0.25) is 0 Å². The molecule has 2 aromatic rings. The number of rotatable bonds is 4. The lowest BCUT2D eigenvalue weighted by molar-refractivity contribution is 0.0908. The standard InChI is InChI=1S/C16H17BrN2O/c1-12-7-6-10-18-14(12)15(20)19-16(2,11-17)13-8-4-3-5-9-13/h3-10H,11H2,1-2H3,(H,19,20). The highest BCUT2D eigenvalue weighted by molar-refractivity contribution is 9.09. The molecule has 1 aromatic carbocycles. The summed E-state index contributed by atoms with van der Waals surface area (Å²) in [7, 11) is 0. The Morgan fingerprint density at radius 1 is 1.25 bits per heavy atom. The van der Waals surface area contributed by atoms with E-state index in [1.54, 1.807) is 6.20 Å². The van der Waals surface area contributed by atoms with Crippen LogP contribution in [-0.2, 0) is 5.54 Å². The van der Waals surface area contributed by atoms with Gasteiger partial charge in [-0.25, -0.2) is 0 Å². The number of pyridine rings is 1. The first-order valence-electron chi connectivity index (χ1n) is 6.42. The summed E-state index contributed by atoms with van der Waals surface area (Å²) in [4.78, 5) is 16.6. The van der Waals surface area contributed by atoms with Crippen molar-refractivity contribution in [2.24, 2.45) is 0 Å². The van der Waals surface area contributed by atoms with E-state index in [4.69, 9.17) is 0 Å². The molecule has 0 fully saturated rings. The number of aromatic nitrogens is 1. The lowest BCUT2D eigenvalue weighted by atomic mass is 9.94. The van der Waals surface area contributed by atoms with E-state index in [1.165, 1.54) is 0 Å². The monoisotopic (exact) mass is 332 g/mol. The second-order valence-corrected chi connectivity index (χ2v) is 5.52. The van der Waals surface area contributed by atoms with E-state index < -0.39 is 5.54 Å². The molecule has 0 bridgehead atoms. The second-order valence-electron chi connectivity index (χ2n) is 4.95. The fourth-order valence-electron chi connectivity index (χ4n) is 2.02. The van der Waals surface area contributed by atoms with Gasteiger partial charge >= 0.3 is 0 Å². The third-order valence-corrected chi connectivity index (χ3v) is 4.41. The van der Waals surface area contributed by atoms with Crippen LogP contribution in [0.1, 0.15) is 28.5 Å². The molecule has 1 aromatic heterocycles. The van der Waals surface area contributed by atoms with Gasteiger partial charge in [0.2, 0.25) is 0 Å². The molecule has 0 aliphatic heterocycles. The average molecular weight is 333 g/mol. The van der Waals surface area contributed by atoms with E-state index in [-0.39, 0.29) is 5.91 Å². The third kappa shape index (κ3) is 3.07. The Hall–Kier alpha value is -1.68. The van der Waals surface area contributed by atoms with Crippen LogP contribution in [0.15, 0.2) is 48.7 Å². The van der Waals surface area contributed by atoms with Crippen molar-refractivity contribution in [2.45, 2.75) is 19.4 Å². The Morgan fingerprint density at radius 3 is 2.55 bits per heavy atom. The molecule has 2 rings (SSSR count). The molecule has 0 spiro atoms. The van der Waals surface area contributed by atoms with Crippen molar-refractivity contribution in [3.05, 3.63) is 65.5 Å². The maximum Gasteiger partial charge on any atom is 0.270 e. The molecule has 0 aliphatic carbocycles. The quantitative estimate of drug-likeness (QED) is 0.871. The zero-order chi connectivity index (χ0) is 14.6. The van der Waals surface area contributed by atoms with Crippen molar-refractivity contribution in [3.8, 4) is 0 Å². The van der Waals surface area contributed by atoms with Gasteiger partial charge in [-0.3, -0.25) is 9.78 Å². The lowest BCUT2D eigenvalue weighted by Gasteiger charge is -2.29. The summed E-state index contributed by atoms with van der Waals surface area (Å²) in [6.45, 7) is 3.88. The number of nitrogens with zero attached hydrogens (tertiary/aromatic N) is 1. The summed E-state index contributed by atoms with van der Waals surface area (Å²) in [5.74, 6) is -0.158. The summed E-state index contributed by atoms with van der Waals surface area (Å²) < 4.78 is 0. The summed E-state index contributed by atoms with van der Waals surface area (Å²) in [5.41, 5.74) is 1.92. The number of halogens is 1. The number of alkyl halides is 1. The number of nitrogens with one attached hydrogen (secondary N) is 1. The van der Waals surface area contributed by atoms with Crippen LogP contribution in [-0.4, -0.2) is 16.2 Å². The van der Waals surface area contributed by atoms with E-state index in [0.29, 0.717) is 11.0 Å². The van der Waals surface area contributed by atoms with Gasteiger partial charge in [0.05, 0.1) is 5.54 Å². The second kappa shape index (κ2) is 6.18. The molecule has 20 heavy (non-hydrogen) atoms. The van der Waals surface area contributed by atoms with Crippen molar-refractivity contribution in [1.82, 2.24) is 10.3 Å². The third-order valence-electron chi connectivity index (χ3n) is 3.29. The van der Waals surface area contributed by atoms with Gasteiger partial charge in [-0.05, 0) is 31.0 Å². The van der Waals surface area contributed by atoms with Crippen LogP contribution in [0.3, 0.4) is 0 Å². The minimum absolute atomic E-state index is 0.158. The van der Waals surface area contributed by atoms with Crippen molar-refractivity contribution in [2.75, 3.05) is 5.33 Å². The van der Waals surface area contributed by atoms with Gasteiger partial charge < -0.3 is 5.32 Å².